The van der Waals surface area contributed by atoms with E-state index in [9.17, 15) is 9.59 Å². The second-order valence-electron chi connectivity index (χ2n) is 4.96. The monoisotopic (exact) mass is 504 g/mol. The van der Waals surface area contributed by atoms with Gasteiger partial charge in [0.1, 0.15) is 0 Å². The number of rotatable bonds is 0. The van der Waals surface area contributed by atoms with E-state index in [2.05, 4.69) is 13.8 Å². The molecule has 3 heterocycles. The summed E-state index contributed by atoms with van der Waals surface area (Å²) in [6.07, 6.45) is 1.92. The Labute approximate surface area is 126 Å². The molecule has 2 aliphatic rings. The van der Waals surface area contributed by atoms with E-state index in [1.807, 2.05) is 0 Å². The SMILES string of the molecule is C[C]1=[V][c]2c(c3[c](c(=O)n(C)c2=O)[U]=[C](C)C3)C1. The molecule has 2 aliphatic heterocycles. The molecule has 5 heteroatoms. The van der Waals surface area contributed by atoms with E-state index in [0.717, 1.165) is 19.7 Å². The van der Waals surface area contributed by atoms with Gasteiger partial charge in [-0.3, -0.25) is 0 Å². The summed E-state index contributed by atoms with van der Waals surface area (Å²) >= 11 is -1.39. The third kappa shape index (κ3) is 1.86. The fourth-order valence-corrected chi connectivity index (χ4v) is 10.2. The molecule has 0 radical (unpaired) electrons. The van der Waals surface area contributed by atoms with E-state index in [1.165, 1.54) is 19.9 Å². The molecule has 0 amide bonds. The van der Waals surface area contributed by atoms with Gasteiger partial charge in [0.15, 0.2) is 0 Å². The summed E-state index contributed by atoms with van der Waals surface area (Å²) < 4.78 is 6.42. The average Bonchev–Trinajstić information content (AvgIpc) is 2.87. The number of aromatic nitrogens is 1. The van der Waals surface area contributed by atoms with Gasteiger partial charge in [0.25, 0.3) is 0 Å². The van der Waals surface area contributed by atoms with Crippen LogP contribution < -0.4 is 18.0 Å². The van der Waals surface area contributed by atoms with E-state index in [0.29, 0.717) is 0 Å². The summed E-state index contributed by atoms with van der Waals surface area (Å²) in [5.74, 6) is 0. The van der Waals surface area contributed by atoms with Crippen LogP contribution in [0.25, 0.3) is 0 Å². The van der Waals surface area contributed by atoms with Crippen LogP contribution in [0.3, 0.4) is 0 Å². The zero-order chi connectivity index (χ0) is 13.0. The first-order valence-corrected chi connectivity index (χ1v) is 11.5. The Balaban J connectivity index is 2.52. The number of hydrogen-bond acceptors (Lipinski definition) is 2. The van der Waals surface area contributed by atoms with Crippen molar-refractivity contribution in [2.75, 3.05) is 0 Å². The Morgan fingerprint density at radius 1 is 1.11 bits per heavy atom. The van der Waals surface area contributed by atoms with Crippen molar-refractivity contribution >= 4 is 13.6 Å². The molecule has 0 saturated carbocycles. The predicted octanol–water partition coefficient (Wildman–Crippen LogP) is -1.34. The van der Waals surface area contributed by atoms with Crippen molar-refractivity contribution in [2.45, 2.75) is 26.7 Å². The van der Waals surface area contributed by atoms with Crippen LogP contribution in [-0.4, -0.2) is 11.3 Å². The molecular weight excluding hydrogens is 491 g/mol. The summed E-state index contributed by atoms with van der Waals surface area (Å²) in [5, 5.41) is 0. The van der Waals surface area contributed by atoms with Gasteiger partial charge in [0.05, 0.1) is 0 Å². The van der Waals surface area contributed by atoms with Crippen molar-refractivity contribution in [3.63, 3.8) is 0 Å². The zero-order valence-corrected chi connectivity index (χ0v) is 16.2. The molecule has 0 bridgehead atoms. The second-order valence-corrected chi connectivity index (χ2v) is 13.9. The normalized spacial score (nSPS) is 15.7. The quantitative estimate of drug-likeness (QED) is 0.439. The third-order valence-electron chi connectivity index (χ3n) is 3.49. The number of hydrogen-bond donors (Lipinski definition) is 0. The topological polar surface area (TPSA) is 39.1 Å². The maximum atomic E-state index is 12.4. The Morgan fingerprint density at radius 3 is 2.56 bits per heavy atom. The molecule has 0 spiro atoms. The summed E-state index contributed by atoms with van der Waals surface area (Å²) in [4.78, 5) is 24.7. The van der Waals surface area contributed by atoms with Crippen molar-refractivity contribution < 1.29 is 43.1 Å². The third-order valence-corrected chi connectivity index (χ3v) is 11.1. The molecule has 0 aromatic carbocycles. The van der Waals surface area contributed by atoms with Gasteiger partial charge in [-0.2, -0.15) is 0 Å². The summed E-state index contributed by atoms with van der Waals surface area (Å²) in [5.41, 5.74) is 2.48. The van der Waals surface area contributed by atoms with Crippen LogP contribution >= 0.6 is 0 Å². The van der Waals surface area contributed by atoms with Crippen molar-refractivity contribution in [1.82, 2.24) is 4.57 Å². The Bertz CT molecular complexity index is 696. The molecule has 0 unspecified atom stereocenters. The first-order chi connectivity index (χ1) is 8.49. The minimum atomic E-state index is -1.26. The molecule has 0 atom stereocenters. The van der Waals surface area contributed by atoms with Gasteiger partial charge in [-0.05, 0) is 0 Å². The van der Waals surface area contributed by atoms with Crippen molar-refractivity contribution in [1.29, 1.82) is 0 Å². The van der Waals surface area contributed by atoms with Gasteiger partial charge in [0.2, 0.25) is 0 Å². The molecule has 0 fully saturated rings. The van der Waals surface area contributed by atoms with Gasteiger partial charge >= 0.3 is 127 Å². The van der Waals surface area contributed by atoms with E-state index in [1.54, 1.807) is 9.57 Å². The van der Waals surface area contributed by atoms with Crippen LogP contribution in [0.4, 0.5) is 0 Å². The standard InChI is InChI=1S/C13H13NO2.U.V/c1-4-6-10-8-12(15)14(3)13(16)9-11(10)7-5-2;;/h6-7H2,1-3H3;;. The molecular formula is C13H13NO2UV. The Hall–Kier alpha value is -0.00364. The fraction of sp³-hybridized carbons (Fsp3) is 0.385. The zero-order valence-electron chi connectivity index (χ0n) is 10.6. The van der Waals surface area contributed by atoms with E-state index in [-0.39, 0.29) is 27.0 Å². The average molecular weight is 504 g/mol. The van der Waals surface area contributed by atoms with Gasteiger partial charge in [-0.15, -0.1) is 0 Å². The van der Waals surface area contributed by atoms with Crippen molar-refractivity contribution in [3.8, 4) is 0 Å². The number of fused-ring (bicyclic) bond motifs is 3. The van der Waals surface area contributed by atoms with Crippen LogP contribution in [0.2, 0.25) is 0 Å². The Kier molecular flexibility index (Phi) is 3.27. The molecule has 18 heavy (non-hydrogen) atoms. The van der Waals surface area contributed by atoms with Crippen LogP contribution in [0.5, 0.6) is 0 Å². The minimum absolute atomic E-state index is 0.00973. The molecule has 1 aromatic rings. The molecule has 3 rings (SSSR count). The van der Waals surface area contributed by atoms with Gasteiger partial charge in [0, 0.05) is 0 Å². The van der Waals surface area contributed by atoms with E-state index >= 15 is 0 Å². The molecule has 0 saturated heterocycles. The van der Waals surface area contributed by atoms with Crippen molar-refractivity contribution in [2.24, 2.45) is 7.05 Å². The van der Waals surface area contributed by atoms with Gasteiger partial charge < -0.3 is 0 Å². The van der Waals surface area contributed by atoms with Crippen LogP contribution in [-0.2, 0) is 35.7 Å². The maximum absolute atomic E-state index is 12.4. The second kappa shape index (κ2) is 4.53. The van der Waals surface area contributed by atoms with Crippen LogP contribution in [0, 0.1) is 27.2 Å². The van der Waals surface area contributed by atoms with E-state index in [4.69, 9.17) is 0 Å². The fourth-order valence-electron chi connectivity index (χ4n) is 2.61. The molecule has 3 nitrogen and oxygen atoms in total. The summed E-state index contributed by atoms with van der Waals surface area (Å²) in [6.45, 7) is 4.34. The predicted molar refractivity (Wildman–Crippen MR) is 66.0 cm³/mol. The van der Waals surface area contributed by atoms with Crippen LogP contribution in [0.1, 0.15) is 25.0 Å². The van der Waals surface area contributed by atoms with Gasteiger partial charge in [-0.1, -0.05) is 0 Å². The molecule has 0 aliphatic carbocycles. The van der Waals surface area contributed by atoms with Gasteiger partial charge in [-0.25, -0.2) is 0 Å². The molecule has 91 valence electrons. The molecule has 0 N–H and O–H groups in total. The van der Waals surface area contributed by atoms with E-state index < -0.39 is 27.2 Å². The molecule has 1 aromatic heterocycles. The number of nitrogens with zero attached hydrogens (tertiary/aromatic N) is 1. The Morgan fingerprint density at radius 2 is 1.83 bits per heavy atom. The summed E-state index contributed by atoms with van der Waals surface area (Å²) in [6, 6.07) is 0. The first-order valence-electron chi connectivity index (χ1n) is 5.91. The summed E-state index contributed by atoms with van der Waals surface area (Å²) in [7, 11) is 1.65. The van der Waals surface area contributed by atoms with Crippen molar-refractivity contribution in [3.05, 3.63) is 31.8 Å². The first kappa shape index (κ1) is 13.0. The van der Waals surface area contributed by atoms with Crippen LogP contribution in [0.15, 0.2) is 9.59 Å².